The Morgan fingerprint density at radius 2 is 1.52 bits per heavy atom. The van der Waals surface area contributed by atoms with Gasteiger partial charge in [-0.25, -0.2) is 0 Å². The summed E-state index contributed by atoms with van der Waals surface area (Å²) in [5.74, 6) is 1.69. The van der Waals surface area contributed by atoms with Crippen LogP contribution in [-0.2, 0) is 5.75 Å². The van der Waals surface area contributed by atoms with Crippen molar-refractivity contribution in [2.24, 2.45) is 0 Å². The van der Waals surface area contributed by atoms with E-state index in [-0.39, 0.29) is 0 Å². The lowest BCUT2D eigenvalue weighted by Gasteiger charge is -2.13. The topological polar surface area (TPSA) is 43.6 Å². The van der Waals surface area contributed by atoms with Crippen LogP contribution in [0.25, 0.3) is 17.1 Å². The molecule has 0 fully saturated rings. The van der Waals surface area contributed by atoms with Crippen LogP contribution in [0.4, 0.5) is 0 Å². The Morgan fingerprint density at radius 1 is 0.815 bits per heavy atom. The lowest BCUT2D eigenvalue weighted by molar-refractivity contribution is 0.880. The summed E-state index contributed by atoms with van der Waals surface area (Å²) in [4.78, 5) is 4.12. The first-order valence-corrected chi connectivity index (χ1v) is 9.82. The predicted octanol–water partition coefficient (Wildman–Crippen LogP) is 5.24. The number of benzene rings is 2. The van der Waals surface area contributed by atoms with Crippen LogP contribution in [0.5, 0.6) is 0 Å². The molecule has 0 aliphatic rings. The number of rotatable bonds is 5. The van der Waals surface area contributed by atoms with E-state index in [9.17, 15) is 0 Å². The molecule has 0 saturated carbocycles. The van der Waals surface area contributed by atoms with E-state index in [1.165, 1.54) is 16.7 Å². The van der Waals surface area contributed by atoms with Gasteiger partial charge in [0.25, 0.3) is 0 Å². The van der Waals surface area contributed by atoms with Gasteiger partial charge in [0.05, 0.1) is 5.69 Å². The van der Waals surface area contributed by atoms with Crippen molar-refractivity contribution >= 4 is 11.8 Å². The average Bonchev–Trinajstić information content (AvgIpc) is 3.12. The molecule has 0 spiro atoms. The van der Waals surface area contributed by atoms with Gasteiger partial charge in [-0.15, -0.1) is 10.2 Å². The first-order valence-electron chi connectivity index (χ1n) is 8.83. The van der Waals surface area contributed by atoms with Gasteiger partial charge >= 0.3 is 0 Å². The number of aryl methyl sites for hydroxylation is 2. The molecule has 0 atom stereocenters. The fourth-order valence-electron chi connectivity index (χ4n) is 3.00. The van der Waals surface area contributed by atoms with Gasteiger partial charge in [-0.2, -0.15) is 0 Å². The summed E-state index contributed by atoms with van der Waals surface area (Å²) >= 11 is 1.71. The Kier molecular flexibility index (Phi) is 5.03. The monoisotopic (exact) mass is 372 g/mol. The molecule has 0 amide bonds. The van der Waals surface area contributed by atoms with Crippen LogP contribution in [-0.4, -0.2) is 19.7 Å². The van der Waals surface area contributed by atoms with Crippen molar-refractivity contribution in [3.8, 4) is 17.1 Å². The zero-order valence-electron chi connectivity index (χ0n) is 15.3. The number of aromatic nitrogens is 4. The molecule has 2 aromatic carbocycles. The molecule has 4 nitrogen and oxygen atoms in total. The highest BCUT2D eigenvalue weighted by atomic mass is 32.2. The summed E-state index contributed by atoms with van der Waals surface area (Å²) in [6, 6.07) is 20.7. The van der Waals surface area contributed by atoms with Gasteiger partial charge in [0.1, 0.15) is 0 Å². The molecule has 0 aliphatic heterocycles. The van der Waals surface area contributed by atoms with Crippen LogP contribution in [0.2, 0.25) is 0 Å². The van der Waals surface area contributed by atoms with Gasteiger partial charge in [-0.3, -0.25) is 9.55 Å². The zero-order chi connectivity index (χ0) is 18.6. The number of para-hydroxylation sites is 1. The third-order valence-electron chi connectivity index (χ3n) is 4.55. The Morgan fingerprint density at radius 3 is 2.26 bits per heavy atom. The Labute approximate surface area is 163 Å². The minimum atomic E-state index is 0.832. The molecule has 5 heteroatoms. The smallest absolute Gasteiger partial charge is 0.196 e. The van der Waals surface area contributed by atoms with E-state index in [1.54, 1.807) is 24.2 Å². The Bertz CT molecular complexity index is 1060. The SMILES string of the molecule is Cc1ccccc1CSc1nnc(-c2ccncc2)n1-c1ccccc1C. The lowest BCUT2D eigenvalue weighted by atomic mass is 10.1. The molecule has 0 radical (unpaired) electrons. The number of thioether (sulfide) groups is 1. The normalized spacial score (nSPS) is 10.9. The summed E-state index contributed by atoms with van der Waals surface area (Å²) in [5, 5.41) is 9.90. The predicted molar refractivity (Wildman–Crippen MR) is 110 cm³/mol. The van der Waals surface area contributed by atoms with Crippen molar-refractivity contribution in [3.05, 3.63) is 89.7 Å². The maximum Gasteiger partial charge on any atom is 0.196 e. The molecule has 0 saturated heterocycles. The van der Waals surface area contributed by atoms with Crippen molar-refractivity contribution in [2.75, 3.05) is 0 Å². The van der Waals surface area contributed by atoms with Crippen molar-refractivity contribution in [1.29, 1.82) is 0 Å². The molecule has 0 aliphatic carbocycles. The van der Waals surface area contributed by atoms with E-state index in [2.05, 4.69) is 82.1 Å². The van der Waals surface area contributed by atoms with Crippen molar-refractivity contribution in [2.45, 2.75) is 24.8 Å². The van der Waals surface area contributed by atoms with Gasteiger partial charge < -0.3 is 0 Å². The molecule has 4 rings (SSSR count). The van der Waals surface area contributed by atoms with Crippen LogP contribution in [0, 0.1) is 13.8 Å². The highest BCUT2D eigenvalue weighted by Crippen LogP contribution is 2.31. The molecular weight excluding hydrogens is 352 g/mol. The summed E-state index contributed by atoms with van der Waals surface area (Å²) in [5.41, 5.74) is 5.89. The van der Waals surface area contributed by atoms with Crippen LogP contribution in [0.3, 0.4) is 0 Å². The molecule has 0 bridgehead atoms. The van der Waals surface area contributed by atoms with E-state index in [0.29, 0.717) is 0 Å². The Hall–Kier alpha value is -2.92. The largest absolute Gasteiger partial charge is 0.270 e. The zero-order valence-corrected chi connectivity index (χ0v) is 16.1. The standard InChI is InChI=1S/C22H20N4S/c1-16-7-3-5-9-19(16)15-27-22-25-24-21(18-11-13-23-14-12-18)26(22)20-10-6-4-8-17(20)2/h3-14H,15H2,1-2H3. The molecule has 27 heavy (non-hydrogen) atoms. The van der Waals surface area contributed by atoms with Gasteiger partial charge in [0.15, 0.2) is 11.0 Å². The highest BCUT2D eigenvalue weighted by Gasteiger charge is 2.17. The Balaban J connectivity index is 1.77. The summed E-state index contributed by atoms with van der Waals surface area (Å²) in [6.45, 7) is 4.26. The van der Waals surface area contributed by atoms with Gasteiger partial charge in [0, 0.05) is 23.7 Å². The maximum atomic E-state index is 4.51. The van der Waals surface area contributed by atoms with E-state index in [4.69, 9.17) is 0 Å². The molecule has 4 aromatic rings. The van der Waals surface area contributed by atoms with Gasteiger partial charge in [-0.05, 0) is 48.7 Å². The maximum absolute atomic E-state index is 4.51. The van der Waals surface area contributed by atoms with Crippen LogP contribution < -0.4 is 0 Å². The third-order valence-corrected chi connectivity index (χ3v) is 5.52. The average molecular weight is 372 g/mol. The summed E-state index contributed by atoms with van der Waals surface area (Å²) in [6.07, 6.45) is 3.57. The molecule has 134 valence electrons. The van der Waals surface area contributed by atoms with Gasteiger partial charge in [0.2, 0.25) is 0 Å². The number of hydrogen-bond donors (Lipinski definition) is 0. The van der Waals surface area contributed by atoms with E-state index < -0.39 is 0 Å². The fraction of sp³-hybridized carbons (Fsp3) is 0.136. The van der Waals surface area contributed by atoms with Crippen molar-refractivity contribution < 1.29 is 0 Å². The van der Waals surface area contributed by atoms with E-state index >= 15 is 0 Å². The van der Waals surface area contributed by atoms with E-state index in [1.807, 2.05) is 12.1 Å². The van der Waals surface area contributed by atoms with Crippen LogP contribution in [0.15, 0.2) is 78.2 Å². The summed E-state index contributed by atoms with van der Waals surface area (Å²) in [7, 11) is 0. The quantitative estimate of drug-likeness (QED) is 0.450. The molecular formula is C22H20N4S. The lowest BCUT2D eigenvalue weighted by Crippen LogP contribution is -2.02. The fourth-order valence-corrected chi connectivity index (χ4v) is 4.02. The second kappa shape index (κ2) is 7.76. The van der Waals surface area contributed by atoms with Crippen LogP contribution in [0.1, 0.15) is 16.7 Å². The van der Waals surface area contributed by atoms with Crippen molar-refractivity contribution in [3.63, 3.8) is 0 Å². The molecule has 2 heterocycles. The molecule has 2 aromatic heterocycles. The minimum Gasteiger partial charge on any atom is -0.270 e. The number of pyridine rings is 1. The number of nitrogens with zero attached hydrogens (tertiary/aromatic N) is 4. The highest BCUT2D eigenvalue weighted by molar-refractivity contribution is 7.98. The number of hydrogen-bond acceptors (Lipinski definition) is 4. The first kappa shape index (κ1) is 17.5. The first-order chi connectivity index (χ1) is 13.2. The molecule has 0 N–H and O–H groups in total. The van der Waals surface area contributed by atoms with E-state index in [0.717, 1.165) is 28.0 Å². The minimum absolute atomic E-state index is 0.832. The third kappa shape index (κ3) is 3.64. The molecule has 0 unspecified atom stereocenters. The second-order valence-electron chi connectivity index (χ2n) is 6.38. The van der Waals surface area contributed by atoms with Crippen LogP contribution >= 0.6 is 11.8 Å². The second-order valence-corrected chi connectivity index (χ2v) is 7.32. The summed E-state index contributed by atoms with van der Waals surface area (Å²) < 4.78 is 2.15. The van der Waals surface area contributed by atoms with Gasteiger partial charge in [-0.1, -0.05) is 54.2 Å². The van der Waals surface area contributed by atoms with Crippen molar-refractivity contribution in [1.82, 2.24) is 19.7 Å².